The summed E-state index contributed by atoms with van der Waals surface area (Å²) >= 11 is 0. The lowest BCUT2D eigenvalue weighted by Gasteiger charge is -2.46. The van der Waals surface area contributed by atoms with Gasteiger partial charge in [0, 0.05) is 42.0 Å². The first-order valence-electron chi connectivity index (χ1n) is 11.0. The van der Waals surface area contributed by atoms with Crippen LogP contribution in [0.3, 0.4) is 0 Å². The Balaban J connectivity index is 1.49. The molecule has 3 unspecified atom stereocenters. The second kappa shape index (κ2) is 8.19. The maximum Gasteiger partial charge on any atom is 0.253 e. The minimum Gasteiger partial charge on any atom is -0.382 e. The summed E-state index contributed by atoms with van der Waals surface area (Å²) < 4.78 is 0. The molecule has 1 amide bonds. The van der Waals surface area contributed by atoms with Gasteiger partial charge in [0.1, 0.15) is 0 Å². The van der Waals surface area contributed by atoms with E-state index in [1.165, 1.54) is 24.8 Å². The molecule has 1 N–H and O–H groups in total. The molecular formula is C25H33N3O. The number of nitrogens with zero attached hydrogens (tertiary/aromatic N) is 2. The van der Waals surface area contributed by atoms with Crippen molar-refractivity contribution in [1.82, 2.24) is 9.80 Å². The smallest absolute Gasteiger partial charge is 0.253 e. The highest BCUT2D eigenvalue weighted by Crippen LogP contribution is 2.50. The van der Waals surface area contributed by atoms with Gasteiger partial charge < -0.3 is 10.2 Å². The van der Waals surface area contributed by atoms with E-state index in [0.29, 0.717) is 12.1 Å². The molecule has 2 bridgehead atoms. The fourth-order valence-corrected chi connectivity index (χ4v) is 5.43. The van der Waals surface area contributed by atoms with Gasteiger partial charge in [-0.25, -0.2) is 0 Å². The van der Waals surface area contributed by atoms with E-state index in [1.54, 1.807) is 0 Å². The zero-order chi connectivity index (χ0) is 20.4. The number of fused-ring (bicyclic) bond motifs is 2. The van der Waals surface area contributed by atoms with E-state index >= 15 is 0 Å². The summed E-state index contributed by atoms with van der Waals surface area (Å²) in [7, 11) is 2.30. The van der Waals surface area contributed by atoms with Crippen LogP contribution in [0.1, 0.15) is 55.5 Å². The number of hydrogen-bond donors (Lipinski definition) is 1. The van der Waals surface area contributed by atoms with Crippen LogP contribution in [-0.2, 0) is 5.54 Å². The predicted molar refractivity (Wildman–Crippen MR) is 119 cm³/mol. The van der Waals surface area contributed by atoms with Crippen molar-refractivity contribution in [2.24, 2.45) is 0 Å². The summed E-state index contributed by atoms with van der Waals surface area (Å²) in [6.45, 7) is 5.53. The van der Waals surface area contributed by atoms with Crippen LogP contribution in [0, 0.1) is 0 Å². The van der Waals surface area contributed by atoms with Crippen LogP contribution in [0.4, 0.5) is 5.69 Å². The summed E-state index contributed by atoms with van der Waals surface area (Å²) in [5.41, 5.74) is 3.46. The molecule has 154 valence electrons. The maximum absolute atomic E-state index is 12.5. The van der Waals surface area contributed by atoms with Crippen LogP contribution < -0.4 is 5.32 Å². The molecule has 3 atom stereocenters. The molecule has 0 saturated carbocycles. The van der Waals surface area contributed by atoms with E-state index in [2.05, 4.69) is 59.7 Å². The lowest BCUT2D eigenvalue weighted by Crippen LogP contribution is -2.51. The van der Waals surface area contributed by atoms with Crippen molar-refractivity contribution in [2.75, 3.05) is 25.5 Å². The van der Waals surface area contributed by atoms with Crippen molar-refractivity contribution in [2.45, 2.75) is 57.2 Å². The van der Waals surface area contributed by atoms with Crippen LogP contribution >= 0.6 is 0 Å². The van der Waals surface area contributed by atoms with Gasteiger partial charge in [0.15, 0.2) is 0 Å². The Hall–Kier alpha value is -2.33. The van der Waals surface area contributed by atoms with Crippen LogP contribution in [0.5, 0.6) is 0 Å². The quantitative estimate of drug-likeness (QED) is 0.773. The number of hydrogen-bond acceptors (Lipinski definition) is 3. The van der Waals surface area contributed by atoms with Crippen molar-refractivity contribution < 1.29 is 4.79 Å². The predicted octanol–water partition coefficient (Wildman–Crippen LogP) is 4.73. The van der Waals surface area contributed by atoms with E-state index in [4.69, 9.17) is 0 Å². The lowest BCUT2D eigenvalue weighted by atomic mass is 9.80. The van der Waals surface area contributed by atoms with Crippen molar-refractivity contribution in [3.8, 4) is 0 Å². The fraction of sp³-hybridized carbons (Fsp3) is 0.480. The zero-order valence-electron chi connectivity index (χ0n) is 17.9. The van der Waals surface area contributed by atoms with Crippen molar-refractivity contribution in [1.29, 1.82) is 0 Å². The minimum absolute atomic E-state index is 0.113. The van der Waals surface area contributed by atoms with E-state index in [-0.39, 0.29) is 11.4 Å². The van der Waals surface area contributed by atoms with Gasteiger partial charge in [-0.3, -0.25) is 9.69 Å². The molecule has 4 heteroatoms. The van der Waals surface area contributed by atoms with E-state index in [1.807, 2.05) is 30.9 Å². The molecule has 29 heavy (non-hydrogen) atoms. The molecule has 0 aliphatic carbocycles. The fourth-order valence-electron chi connectivity index (χ4n) is 5.43. The zero-order valence-corrected chi connectivity index (χ0v) is 17.9. The molecule has 0 aromatic heterocycles. The first-order chi connectivity index (χ1) is 14.1. The van der Waals surface area contributed by atoms with Gasteiger partial charge in [-0.05, 0) is 76.4 Å². The standard InChI is InChI=1S/C25H33N3O/c1-4-28(5-2)24(29)19-11-13-21(14-12-19)26-22-17-23-15-16-25(18-22,27(23)3)20-9-7-6-8-10-20/h6-14,22-23,26H,4-5,15-18H2,1-3H3. The third-order valence-electron chi connectivity index (χ3n) is 7.12. The van der Waals surface area contributed by atoms with Crippen LogP contribution in [-0.4, -0.2) is 47.9 Å². The average molecular weight is 392 g/mol. The second-order valence-corrected chi connectivity index (χ2v) is 8.54. The second-order valence-electron chi connectivity index (χ2n) is 8.54. The van der Waals surface area contributed by atoms with E-state index in [9.17, 15) is 4.79 Å². The summed E-state index contributed by atoms with van der Waals surface area (Å²) in [5, 5.41) is 3.77. The first-order valence-corrected chi connectivity index (χ1v) is 11.0. The molecule has 2 heterocycles. The molecule has 2 saturated heterocycles. The molecule has 2 fully saturated rings. The number of rotatable bonds is 6. The Labute approximate surface area is 174 Å². The van der Waals surface area contributed by atoms with Crippen LogP contribution in [0.15, 0.2) is 54.6 Å². The van der Waals surface area contributed by atoms with Crippen molar-refractivity contribution in [3.05, 3.63) is 65.7 Å². The highest BCUT2D eigenvalue weighted by atomic mass is 16.2. The third-order valence-corrected chi connectivity index (χ3v) is 7.12. The van der Waals surface area contributed by atoms with Gasteiger partial charge in [0.2, 0.25) is 0 Å². The summed E-state index contributed by atoms with van der Waals surface area (Å²) in [4.78, 5) is 17.0. The van der Waals surface area contributed by atoms with E-state index in [0.717, 1.165) is 30.8 Å². The number of nitrogens with one attached hydrogen (secondary N) is 1. The van der Waals surface area contributed by atoms with Gasteiger partial charge in [-0.1, -0.05) is 30.3 Å². The van der Waals surface area contributed by atoms with Gasteiger partial charge in [0.05, 0.1) is 0 Å². The Morgan fingerprint density at radius 2 is 1.79 bits per heavy atom. The normalized spacial score (nSPS) is 26.3. The van der Waals surface area contributed by atoms with Gasteiger partial charge in [-0.2, -0.15) is 0 Å². The van der Waals surface area contributed by atoms with Crippen molar-refractivity contribution >= 4 is 11.6 Å². The average Bonchev–Trinajstić information content (AvgIpc) is 2.94. The first kappa shape index (κ1) is 20.0. The number of carbonyl (C=O) groups excluding carboxylic acids is 1. The van der Waals surface area contributed by atoms with E-state index < -0.39 is 0 Å². The number of amides is 1. The Morgan fingerprint density at radius 1 is 1.10 bits per heavy atom. The minimum atomic E-state index is 0.113. The summed E-state index contributed by atoms with van der Waals surface area (Å²) in [6, 6.07) is 20.1. The van der Waals surface area contributed by atoms with Gasteiger partial charge >= 0.3 is 0 Å². The monoisotopic (exact) mass is 391 g/mol. The lowest BCUT2D eigenvalue weighted by molar-refractivity contribution is 0.0732. The topological polar surface area (TPSA) is 35.6 Å². The van der Waals surface area contributed by atoms with Crippen LogP contribution in [0.2, 0.25) is 0 Å². The summed E-state index contributed by atoms with van der Waals surface area (Å²) in [6.07, 6.45) is 4.78. The highest BCUT2D eigenvalue weighted by Gasteiger charge is 2.50. The number of piperidine rings is 1. The van der Waals surface area contributed by atoms with Gasteiger partial charge in [0.25, 0.3) is 5.91 Å². The molecule has 4 rings (SSSR count). The van der Waals surface area contributed by atoms with Crippen molar-refractivity contribution in [3.63, 3.8) is 0 Å². The molecule has 0 radical (unpaired) electrons. The largest absolute Gasteiger partial charge is 0.382 e. The molecule has 2 aromatic carbocycles. The molecule has 0 spiro atoms. The number of benzene rings is 2. The molecule has 2 aromatic rings. The number of carbonyl (C=O) groups is 1. The molecule has 4 nitrogen and oxygen atoms in total. The Morgan fingerprint density at radius 3 is 2.45 bits per heavy atom. The molecule has 2 aliphatic rings. The molecule has 2 aliphatic heterocycles. The summed E-state index contributed by atoms with van der Waals surface area (Å²) in [5.74, 6) is 0.113. The SMILES string of the molecule is CCN(CC)C(=O)c1ccc(NC2CC3CCC(c4ccccc4)(C2)N3C)cc1. The Kier molecular flexibility index (Phi) is 5.64. The number of anilines is 1. The maximum atomic E-state index is 12.5. The molecular weight excluding hydrogens is 358 g/mol. The van der Waals surface area contributed by atoms with Gasteiger partial charge in [-0.15, -0.1) is 0 Å². The third kappa shape index (κ3) is 3.66. The Bertz CT molecular complexity index is 831. The highest BCUT2D eigenvalue weighted by molar-refractivity contribution is 5.94. The van der Waals surface area contributed by atoms with Crippen LogP contribution in [0.25, 0.3) is 0 Å².